The number of carbonyl (C=O) groups is 1. The van der Waals surface area contributed by atoms with Crippen LogP contribution in [0.1, 0.15) is 200 Å². The van der Waals surface area contributed by atoms with Crippen molar-refractivity contribution in [3.05, 3.63) is 146 Å². The molecule has 0 aliphatic rings. The molecular formula is C64H108N2O6P+. The van der Waals surface area contributed by atoms with Crippen LogP contribution in [0.3, 0.4) is 0 Å². The van der Waals surface area contributed by atoms with Crippen molar-refractivity contribution in [2.75, 3.05) is 40.9 Å². The van der Waals surface area contributed by atoms with E-state index in [9.17, 15) is 19.4 Å². The quantitative estimate of drug-likeness (QED) is 0.0243. The molecule has 414 valence electrons. The minimum atomic E-state index is -4.38. The fraction of sp³-hybridized carbons (Fsp3) is 0.609. The Morgan fingerprint density at radius 2 is 0.836 bits per heavy atom. The van der Waals surface area contributed by atoms with Crippen LogP contribution in [0, 0.1) is 0 Å². The average Bonchev–Trinajstić information content (AvgIpc) is 3.35. The molecule has 0 radical (unpaired) electrons. The summed E-state index contributed by atoms with van der Waals surface area (Å²) in [6, 6.07) is -0.892. The van der Waals surface area contributed by atoms with Crippen LogP contribution in [0.5, 0.6) is 0 Å². The van der Waals surface area contributed by atoms with E-state index in [1.165, 1.54) is 57.8 Å². The Morgan fingerprint density at radius 3 is 1.26 bits per heavy atom. The number of hydrogen-bond donors (Lipinski definition) is 3. The number of quaternary nitrogens is 1. The molecule has 1 amide bonds. The van der Waals surface area contributed by atoms with Crippen LogP contribution in [-0.4, -0.2) is 73.4 Å². The van der Waals surface area contributed by atoms with Crippen molar-refractivity contribution in [1.29, 1.82) is 0 Å². The zero-order valence-electron chi connectivity index (χ0n) is 47.1. The Hall–Kier alpha value is -3.62. The zero-order chi connectivity index (χ0) is 53.5. The molecule has 3 unspecified atom stereocenters. The van der Waals surface area contributed by atoms with Gasteiger partial charge in [-0.15, -0.1) is 0 Å². The number of likely N-dealkylation sites (N-methyl/N-ethyl adjacent to an activating group) is 1. The highest BCUT2D eigenvalue weighted by molar-refractivity contribution is 7.47. The standard InChI is InChI=1S/C64H107N2O6P/c1-6-8-10-12-14-16-18-20-22-24-26-27-28-29-30-31-32-33-34-35-36-37-38-39-40-42-44-46-48-50-52-54-56-58-64(68)65-62(61-72-73(69,70)71-60-59-66(3,4)5)63(67)57-55-53-51-49-47-45-43-41-25-23-21-19-17-15-13-11-9-7-2/h8,10,14,16,20,22,25-27,29-30,32-33,35-36,38-39,41-42,44,47,49,55,57,62-63,67H,6-7,9,11-13,15,17-19,21,23-24,28,31,34,37,40,43,45-46,48,50-54,56,58-61H2,1-5H3,(H-,65,68,69,70)/p+1/b10-8-,16-14-,22-20-,27-26-,30-29-,33-32-,36-35-,39-38-,41-25+,44-42-,49-47+,57-55+. The second kappa shape index (κ2) is 53.2. The van der Waals surface area contributed by atoms with Crippen molar-refractivity contribution in [2.45, 2.75) is 212 Å². The van der Waals surface area contributed by atoms with Crippen molar-refractivity contribution in [1.82, 2.24) is 5.32 Å². The number of allylic oxidation sites excluding steroid dienone is 23. The number of phosphoric ester groups is 1. The fourth-order valence-electron chi connectivity index (χ4n) is 7.30. The second-order valence-electron chi connectivity index (χ2n) is 19.9. The SMILES string of the molecule is CC/C=C\C/C=C\C/C=C\C/C=C\C/C=C\C/C=C\C/C=C\C/C=C\C/C=C\CCCCCCCC(=O)NC(COP(=O)(O)OCC[N+](C)(C)C)C(O)/C=C/CC/C=C/CC/C=C/CCCCCCCCCC. The molecule has 8 nitrogen and oxygen atoms in total. The summed E-state index contributed by atoms with van der Waals surface area (Å²) in [7, 11) is 1.51. The molecule has 0 aromatic rings. The van der Waals surface area contributed by atoms with Gasteiger partial charge < -0.3 is 19.8 Å². The maximum absolute atomic E-state index is 13.0. The van der Waals surface area contributed by atoms with Gasteiger partial charge in [-0.1, -0.05) is 224 Å². The molecule has 0 heterocycles. The van der Waals surface area contributed by atoms with Crippen LogP contribution < -0.4 is 5.32 Å². The van der Waals surface area contributed by atoms with Crippen LogP contribution >= 0.6 is 7.82 Å². The van der Waals surface area contributed by atoms with E-state index in [0.29, 0.717) is 17.4 Å². The molecule has 0 saturated carbocycles. The number of carbonyl (C=O) groups excluding carboxylic acids is 1. The Bertz CT molecular complexity index is 1690. The topological polar surface area (TPSA) is 105 Å². The minimum absolute atomic E-state index is 0.0409. The van der Waals surface area contributed by atoms with Gasteiger partial charge in [0.25, 0.3) is 0 Å². The number of hydrogen-bond acceptors (Lipinski definition) is 5. The maximum atomic E-state index is 13.0. The summed E-state index contributed by atoms with van der Waals surface area (Å²) in [6.07, 6.45) is 82.3. The van der Waals surface area contributed by atoms with Gasteiger partial charge in [-0.25, -0.2) is 4.57 Å². The van der Waals surface area contributed by atoms with Crippen LogP contribution in [0.2, 0.25) is 0 Å². The number of amides is 1. The first-order valence-electron chi connectivity index (χ1n) is 28.7. The monoisotopic (exact) mass is 1030 g/mol. The van der Waals surface area contributed by atoms with E-state index in [-0.39, 0.29) is 19.1 Å². The van der Waals surface area contributed by atoms with Gasteiger partial charge in [-0.05, 0) is 116 Å². The summed E-state index contributed by atoms with van der Waals surface area (Å²) in [5.41, 5.74) is 0. The first-order chi connectivity index (χ1) is 35.5. The lowest BCUT2D eigenvalue weighted by atomic mass is 10.1. The molecule has 3 atom stereocenters. The molecule has 3 N–H and O–H groups in total. The molecule has 0 rings (SSSR count). The Kier molecular flexibility index (Phi) is 50.6. The molecule has 0 aromatic heterocycles. The third-order valence-corrected chi connectivity index (χ3v) is 12.8. The molecular weight excluding hydrogens is 924 g/mol. The van der Waals surface area contributed by atoms with Crippen molar-refractivity contribution < 1.29 is 32.9 Å². The summed E-state index contributed by atoms with van der Waals surface area (Å²) in [6.45, 7) is 4.63. The van der Waals surface area contributed by atoms with Gasteiger partial charge in [0.15, 0.2) is 0 Å². The molecule has 0 aromatic carbocycles. The first-order valence-corrected chi connectivity index (χ1v) is 30.2. The van der Waals surface area contributed by atoms with Crippen LogP contribution in [0.15, 0.2) is 146 Å². The first kappa shape index (κ1) is 69.4. The number of nitrogens with one attached hydrogen (secondary N) is 1. The van der Waals surface area contributed by atoms with Crippen LogP contribution in [-0.2, 0) is 18.4 Å². The van der Waals surface area contributed by atoms with Gasteiger partial charge >= 0.3 is 7.82 Å². The van der Waals surface area contributed by atoms with Gasteiger partial charge in [0.2, 0.25) is 5.91 Å². The number of phosphoric acid groups is 1. The number of aliphatic hydroxyl groups is 1. The Balaban J connectivity index is 4.35. The molecule has 0 spiro atoms. The van der Waals surface area contributed by atoms with E-state index in [4.69, 9.17) is 9.05 Å². The predicted octanol–water partition coefficient (Wildman–Crippen LogP) is 17.7. The van der Waals surface area contributed by atoms with Gasteiger partial charge in [0, 0.05) is 6.42 Å². The van der Waals surface area contributed by atoms with E-state index in [1.54, 1.807) is 6.08 Å². The average molecular weight is 1030 g/mol. The molecule has 0 bridgehead atoms. The van der Waals surface area contributed by atoms with Gasteiger partial charge in [0.1, 0.15) is 13.2 Å². The van der Waals surface area contributed by atoms with E-state index < -0.39 is 20.0 Å². The molecule has 0 fully saturated rings. The third kappa shape index (κ3) is 56.0. The van der Waals surface area contributed by atoms with E-state index in [2.05, 4.69) is 153 Å². The smallest absolute Gasteiger partial charge is 0.387 e. The lowest BCUT2D eigenvalue weighted by molar-refractivity contribution is -0.870. The second-order valence-corrected chi connectivity index (χ2v) is 21.4. The van der Waals surface area contributed by atoms with E-state index in [0.717, 1.165) is 122 Å². The Morgan fingerprint density at radius 1 is 0.479 bits per heavy atom. The number of aliphatic hydroxyl groups excluding tert-OH is 1. The molecule has 0 saturated heterocycles. The number of rotatable bonds is 50. The molecule has 73 heavy (non-hydrogen) atoms. The molecule has 0 aliphatic heterocycles. The summed E-state index contributed by atoms with van der Waals surface area (Å²) in [5.74, 6) is -0.217. The van der Waals surface area contributed by atoms with Crippen LogP contribution in [0.25, 0.3) is 0 Å². The normalized spacial score (nSPS) is 15.0. The molecule has 0 aliphatic carbocycles. The van der Waals surface area contributed by atoms with Gasteiger partial charge in [-0.2, -0.15) is 0 Å². The lowest BCUT2D eigenvalue weighted by Crippen LogP contribution is -2.45. The third-order valence-electron chi connectivity index (χ3n) is 11.8. The number of nitrogens with zero attached hydrogens (tertiary/aromatic N) is 1. The molecule has 9 heteroatoms. The van der Waals surface area contributed by atoms with Gasteiger partial charge in [-0.3, -0.25) is 13.8 Å². The summed E-state index contributed by atoms with van der Waals surface area (Å²) >= 11 is 0. The van der Waals surface area contributed by atoms with E-state index in [1.807, 2.05) is 27.2 Å². The summed E-state index contributed by atoms with van der Waals surface area (Å²) in [4.78, 5) is 23.3. The van der Waals surface area contributed by atoms with Crippen molar-refractivity contribution in [2.24, 2.45) is 0 Å². The fourth-order valence-corrected chi connectivity index (χ4v) is 8.04. The van der Waals surface area contributed by atoms with Crippen molar-refractivity contribution >= 4 is 13.7 Å². The lowest BCUT2D eigenvalue weighted by Gasteiger charge is -2.25. The largest absolute Gasteiger partial charge is 0.472 e. The minimum Gasteiger partial charge on any atom is -0.387 e. The van der Waals surface area contributed by atoms with Gasteiger partial charge in [0.05, 0.1) is 39.9 Å². The highest BCUT2D eigenvalue weighted by Crippen LogP contribution is 2.43. The highest BCUT2D eigenvalue weighted by Gasteiger charge is 2.27. The predicted molar refractivity (Wildman–Crippen MR) is 317 cm³/mol. The zero-order valence-corrected chi connectivity index (χ0v) is 48.0. The van der Waals surface area contributed by atoms with Crippen LogP contribution in [0.4, 0.5) is 0 Å². The Labute approximate surface area is 449 Å². The van der Waals surface area contributed by atoms with E-state index >= 15 is 0 Å². The summed E-state index contributed by atoms with van der Waals surface area (Å²) < 4.78 is 23.6. The maximum Gasteiger partial charge on any atom is 0.472 e. The number of unbranched alkanes of at least 4 members (excludes halogenated alkanes) is 15. The summed E-state index contributed by atoms with van der Waals surface area (Å²) in [5, 5.41) is 13.9. The highest BCUT2D eigenvalue weighted by atomic mass is 31.2. The van der Waals surface area contributed by atoms with Crippen molar-refractivity contribution in [3.63, 3.8) is 0 Å². The van der Waals surface area contributed by atoms with Crippen molar-refractivity contribution in [3.8, 4) is 0 Å².